The van der Waals surface area contributed by atoms with E-state index < -0.39 is 0 Å². The molecule has 8 heteroatoms. The molecule has 3 aromatic heterocycles. The van der Waals surface area contributed by atoms with Crippen LogP contribution in [0.25, 0.3) is 5.95 Å². The first-order valence-corrected chi connectivity index (χ1v) is 8.39. The molecule has 0 saturated carbocycles. The van der Waals surface area contributed by atoms with Crippen LogP contribution in [0, 0.1) is 13.8 Å². The normalized spacial score (nSPS) is 10.8. The molecule has 0 fully saturated rings. The zero-order chi connectivity index (χ0) is 17.3. The first-order chi connectivity index (χ1) is 11.5. The maximum atomic E-state index is 12.3. The number of H-pyrrole nitrogens is 1. The van der Waals surface area contributed by atoms with Gasteiger partial charge in [0.2, 0.25) is 5.95 Å². The van der Waals surface area contributed by atoms with Crippen LogP contribution in [0.5, 0.6) is 0 Å². The molecule has 7 nitrogen and oxygen atoms in total. The molecule has 0 unspecified atom stereocenters. The van der Waals surface area contributed by atoms with Crippen molar-refractivity contribution >= 4 is 23.1 Å². The van der Waals surface area contributed by atoms with Crippen molar-refractivity contribution in [3.63, 3.8) is 0 Å². The fourth-order valence-electron chi connectivity index (χ4n) is 2.45. The Hall–Kier alpha value is -2.74. The number of nitrogens with one attached hydrogen (secondary N) is 2. The fraction of sp³-hybridized carbons (Fsp3) is 0.250. The Morgan fingerprint density at radius 3 is 2.83 bits per heavy atom. The first kappa shape index (κ1) is 16.1. The first-order valence-electron chi connectivity index (χ1n) is 7.51. The van der Waals surface area contributed by atoms with Crippen molar-refractivity contribution in [1.82, 2.24) is 19.7 Å². The largest absolute Gasteiger partial charge is 0.306 e. The zero-order valence-corrected chi connectivity index (χ0v) is 14.4. The average Bonchev–Trinajstić information content (AvgIpc) is 3.16. The zero-order valence-electron chi connectivity index (χ0n) is 13.6. The van der Waals surface area contributed by atoms with Crippen LogP contribution in [-0.4, -0.2) is 25.7 Å². The van der Waals surface area contributed by atoms with Gasteiger partial charge in [-0.3, -0.25) is 14.6 Å². The maximum absolute atomic E-state index is 12.3. The van der Waals surface area contributed by atoms with Crippen LogP contribution in [0.4, 0.5) is 5.82 Å². The van der Waals surface area contributed by atoms with Crippen molar-refractivity contribution in [2.24, 2.45) is 0 Å². The molecule has 0 aromatic carbocycles. The predicted molar refractivity (Wildman–Crippen MR) is 93.1 cm³/mol. The van der Waals surface area contributed by atoms with Gasteiger partial charge in [-0.15, -0.1) is 11.3 Å². The van der Waals surface area contributed by atoms with E-state index in [0.717, 1.165) is 0 Å². The smallest absolute Gasteiger partial charge is 0.266 e. The molecule has 0 saturated heterocycles. The van der Waals surface area contributed by atoms with E-state index in [1.807, 2.05) is 25.3 Å². The molecule has 0 aliphatic heterocycles. The Bertz CT molecular complexity index is 940. The lowest BCUT2D eigenvalue weighted by Gasteiger charge is -2.09. The highest BCUT2D eigenvalue weighted by Crippen LogP contribution is 2.17. The lowest BCUT2D eigenvalue weighted by Crippen LogP contribution is -2.21. The van der Waals surface area contributed by atoms with Gasteiger partial charge in [0.15, 0.2) is 0 Å². The van der Waals surface area contributed by atoms with E-state index in [9.17, 15) is 9.59 Å². The number of aromatic nitrogens is 4. The molecule has 0 spiro atoms. The molecule has 3 heterocycles. The van der Waals surface area contributed by atoms with Gasteiger partial charge in [0, 0.05) is 17.3 Å². The fourth-order valence-corrected chi connectivity index (χ4v) is 3.07. The van der Waals surface area contributed by atoms with Crippen molar-refractivity contribution in [2.75, 3.05) is 5.32 Å². The van der Waals surface area contributed by atoms with Gasteiger partial charge in [-0.1, -0.05) is 13.0 Å². The van der Waals surface area contributed by atoms with Crippen molar-refractivity contribution in [2.45, 2.75) is 27.2 Å². The van der Waals surface area contributed by atoms with Gasteiger partial charge in [0.1, 0.15) is 5.82 Å². The number of amides is 1. The Kier molecular flexibility index (Phi) is 4.30. The average molecular weight is 343 g/mol. The summed E-state index contributed by atoms with van der Waals surface area (Å²) in [5.74, 6) is 0.511. The highest BCUT2D eigenvalue weighted by molar-refractivity contribution is 7.12. The van der Waals surface area contributed by atoms with Crippen molar-refractivity contribution in [3.05, 3.63) is 55.8 Å². The molecule has 124 valence electrons. The molecule has 24 heavy (non-hydrogen) atoms. The monoisotopic (exact) mass is 343 g/mol. The lowest BCUT2D eigenvalue weighted by atomic mass is 10.2. The Balaban J connectivity index is 2.01. The van der Waals surface area contributed by atoms with Crippen molar-refractivity contribution < 1.29 is 4.79 Å². The predicted octanol–water partition coefficient (Wildman–Crippen LogP) is 2.45. The topological polar surface area (TPSA) is 92.7 Å². The van der Waals surface area contributed by atoms with E-state index in [0.29, 0.717) is 34.1 Å². The van der Waals surface area contributed by atoms with E-state index in [1.165, 1.54) is 16.0 Å². The summed E-state index contributed by atoms with van der Waals surface area (Å²) in [7, 11) is 0. The summed E-state index contributed by atoms with van der Waals surface area (Å²) < 4.78 is 1.44. The van der Waals surface area contributed by atoms with Gasteiger partial charge in [-0.2, -0.15) is 9.78 Å². The molecule has 3 aromatic rings. The second-order valence-corrected chi connectivity index (χ2v) is 6.27. The highest BCUT2D eigenvalue weighted by atomic mass is 32.1. The molecule has 1 amide bonds. The summed E-state index contributed by atoms with van der Waals surface area (Å²) >= 11 is 1.35. The van der Waals surface area contributed by atoms with E-state index in [1.54, 1.807) is 19.1 Å². The van der Waals surface area contributed by atoms with E-state index in [4.69, 9.17) is 0 Å². The van der Waals surface area contributed by atoms with E-state index >= 15 is 0 Å². The number of aromatic amines is 1. The van der Waals surface area contributed by atoms with Crippen LogP contribution in [0.1, 0.15) is 33.5 Å². The Labute approximate surface area is 142 Å². The molecule has 0 aliphatic carbocycles. The van der Waals surface area contributed by atoms with Crippen LogP contribution in [0.15, 0.2) is 28.4 Å². The maximum Gasteiger partial charge on any atom is 0.266 e. The number of hydrogen-bond donors (Lipinski definition) is 2. The van der Waals surface area contributed by atoms with Gasteiger partial charge in [-0.05, 0) is 31.7 Å². The molecular formula is C16H17N5O2S. The summed E-state index contributed by atoms with van der Waals surface area (Å²) in [5, 5.41) is 8.97. The Morgan fingerprint density at radius 1 is 1.42 bits per heavy atom. The van der Waals surface area contributed by atoms with E-state index in [2.05, 4.69) is 20.4 Å². The highest BCUT2D eigenvalue weighted by Gasteiger charge is 2.16. The quantitative estimate of drug-likeness (QED) is 0.761. The molecule has 0 atom stereocenters. The number of anilines is 1. The standard InChI is InChI=1S/C16H17N5O2S/c1-4-11-10(3)17-16(19-14(11)22)21-13(8-9(2)20-21)18-15(23)12-6-5-7-24-12/h5-8H,4H2,1-3H3,(H,18,23)(H,17,19,22). The third-order valence-corrected chi connectivity index (χ3v) is 4.45. The summed E-state index contributed by atoms with van der Waals surface area (Å²) in [6, 6.07) is 5.29. The minimum atomic E-state index is -0.226. The summed E-state index contributed by atoms with van der Waals surface area (Å²) in [6.07, 6.45) is 0.606. The van der Waals surface area contributed by atoms with Crippen LogP contribution in [-0.2, 0) is 6.42 Å². The summed E-state index contributed by atoms with van der Waals surface area (Å²) in [6.45, 7) is 5.50. The van der Waals surface area contributed by atoms with Gasteiger partial charge in [0.25, 0.3) is 11.5 Å². The SMILES string of the molecule is CCc1c(C)nc(-n2nc(C)cc2NC(=O)c2cccs2)[nH]c1=O. The number of thiophene rings is 1. The second kappa shape index (κ2) is 6.40. The molecule has 2 N–H and O–H groups in total. The van der Waals surface area contributed by atoms with Crippen LogP contribution in [0.3, 0.4) is 0 Å². The summed E-state index contributed by atoms with van der Waals surface area (Å²) in [5.41, 5.74) is 1.81. The second-order valence-electron chi connectivity index (χ2n) is 5.32. The minimum absolute atomic E-state index is 0.191. The van der Waals surface area contributed by atoms with Gasteiger partial charge in [0.05, 0.1) is 10.6 Å². The van der Waals surface area contributed by atoms with Crippen LogP contribution in [0.2, 0.25) is 0 Å². The number of aryl methyl sites for hydroxylation is 2. The molecular weight excluding hydrogens is 326 g/mol. The van der Waals surface area contributed by atoms with Crippen LogP contribution >= 0.6 is 11.3 Å². The van der Waals surface area contributed by atoms with Gasteiger partial charge >= 0.3 is 0 Å². The molecule has 0 radical (unpaired) electrons. The van der Waals surface area contributed by atoms with Crippen molar-refractivity contribution in [3.8, 4) is 5.95 Å². The number of hydrogen-bond acceptors (Lipinski definition) is 5. The van der Waals surface area contributed by atoms with E-state index in [-0.39, 0.29) is 17.4 Å². The third-order valence-electron chi connectivity index (χ3n) is 3.58. The Morgan fingerprint density at radius 2 is 2.21 bits per heavy atom. The number of carbonyl (C=O) groups is 1. The lowest BCUT2D eigenvalue weighted by molar-refractivity contribution is 0.103. The van der Waals surface area contributed by atoms with Crippen LogP contribution < -0.4 is 10.9 Å². The number of rotatable bonds is 4. The third kappa shape index (κ3) is 3.00. The number of carbonyl (C=O) groups excluding carboxylic acids is 1. The van der Waals surface area contributed by atoms with Gasteiger partial charge in [-0.25, -0.2) is 4.98 Å². The molecule has 0 aliphatic rings. The van der Waals surface area contributed by atoms with Crippen molar-refractivity contribution in [1.29, 1.82) is 0 Å². The summed E-state index contributed by atoms with van der Waals surface area (Å²) in [4.78, 5) is 32.2. The minimum Gasteiger partial charge on any atom is -0.306 e. The van der Waals surface area contributed by atoms with Gasteiger partial charge < -0.3 is 5.32 Å². The number of nitrogens with zero attached hydrogens (tertiary/aromatic N) is 3. The molecule has 3 rings (SSSR count). The molecule has 0 bridgehead atoms.